The molecule has 4 nitrogen and oxygen atoms in total. The van der Waals surface area contributed by atoms with Crippen molar-refractivity contribution in [2.24, 2.45) is 0 Å². The number of hydrogen-bond donors (Lipinski definition) is 0. The van der Waals surface area contributed by atoms with Crippen molar-refractivity contribution in [2.75, 3.05) is 12.0 Å². The molecule has 1 aliphatic rings. The van der Waals surface area contributed by atoms with Gasteiger partial charge in [0, 0.05) is 12.3 Å². The molecule has 1 heterocycles. The lowest BCUT2D eigenvalue weighted by Crippen LogP contribution is -2.50. The van der Waals surface area contributed by atoms with Crippen molar-refractivity contribution in [1.82, 2.24) is 4.90 Å². The van der Waals surface area contributed by atoms with Crippen LogP contribution in [0.2, 0.25) is 0 Å². The van der Waals surface area contributed by atoms with Crippen LogP contribution in [0, 0.1) is 0 Å². The molecule has 0 unspecified atom stereocenters. The van der Waals surface area contributed by atoms with E-state index in [1.54, 1.807) is 17.1 Å². The van der Waals surface area contributed by atoms with E-state index < -0.39 is 15.6 Å². The Morgan fingerprint density at radius 2 is 2.00 bits per heavy atom. The quantitative estimate of drug-likeness (QED) is 0.706. The number of sulfone groups is 1. The first-order chi connectivity index (χ1) is 9.28. The van der Waals surface area contributed by atoms with Gasteiger partial charge in [-0.15, -0.1) is 13.2 Å². The van der Waals surface area contributed by atoms with E-state index in [2.05, 4.69) is 13.2 Å². The molecule has 5 heteroatoms. The Balaban J connectivity index is 3.07. The maximum Gasteiger partial charge on any atom is 0.238 e. The van der Waals surface area contributed by atoms with Crippen LogP contribution >= 0.6 is 0 Å². The number of nitrogens with zero attached hydrogens (tertiary/aromatic N) is 1. The van der Waals surface area contributed by atoms with E-state index in [1.165, 1.54) is 5.57 Å². The summed E-state index contributed by atoms with van der Waals surface area (Å²) in [6.07, 6.45) is 8.69. The van der Waals surface area contributed by atoms with Crippen molar-refractivity contribution in [3.63, 3.8) is 0 Å². The highest BCUT2D eigenvalue weighted by molar-refractivity contribution is 7.91. The minimum Gasteiger partial charge on any atom is -0.331 e. The summed E-state index contributed by atoms with van der Waals surface area (Å²) in [5, 5.41) is 0. The van der Waals surface area contributed by atoms with Gasteiger partial charge in [-0.1, -0.05) is 23.8 Å². The summed E-state index contributed by atoms with van der Waals surface area (Å²) >= 11 is 0. The van der Waals surface area contributed by atoms with Crippen LogP contribution in [0.3, 0.4) is 0 Å². The predicted octanol–water partition coefficient (Wildman–Crippen LogP) is 2.10. The first-order valence-electron chi connectivity index (χ1n) is 6.66. The largest absolute Gasteiger partial charge is 0.331 e. The van der Waals surface area contributed by atoms with Crippen LogP contribution in [0.15, 0.2) is 37.0 Å². The average molecular weight is 297 g/mol. The van der Waals surface area contributed by atoms with Gasteiger partial charge >= 0.3 is 0 Å². The van der Waals surface area contributed by atoms with Crippen LogP contribution in [0.4, 0.5) is 0 Å². The zero-order valence-corrected chi connectivity index (χ0v) is 13.0. The fourth-order valence-electron chi connectivity index (χ4n) is 2.65. The van der Waals surface area contributed by atoms with E-state index in [1.807, 2.05) is 13.0 Å². The monoisotopic (exact) mass is 297 g/mol. The van der Waals surface area contributed by atoms with Gasteiger partial charge in [0.25, 0.3) is 0 Å². The van der Waals surface area contributed by atoms with Crippen LogP contribution in [-0.4, -0.2) is 43.3 Å². The molecule has 0 fully saturated rings. The molecule has 0 aromatic heterocycles. The Morgan fingerprint density at radius 1 is 1.40 bits per heavy atom. The van der Waals surface area contributed by atoms with E-state index in [9.17, 15) is 13.2 Å². The van der Waals surface area contributed by atoms with Gasteiger partial charge in [-0.25, -0.2) is 8.42 Å². The Kier molecular flexibility index (Phi) is 5.74. The summed E-state index contributed by atoms with van der Waals surface area (Å²) in [5.41, 5.74) is 1.21. The Bertz CT molecular complexity index is 519. The van der Waals surface area contributed by atoms with Crippen molar-refractivity contribution in [3.8, 4) is 0 Å². The first kappa shape index (κ1) is 16.7. The molecule has 20 heavy (non-hydrogen) atoms. The Hall–Kier alpha value is -1.36. The van der Waals surface area contributed by atoms with Gasteiger partial charge in [0.05, 0.1) is 6.04 Å². The van der Waals surface area contributed by atoms with Gasteiger partial charge in [0.1, 0.15) is 5.75 Å². The van der Waals surface area contributed by atoms with Crippen LogP contribution in [0.25, 0.3) is 0 Å². The fourth-order valence-corrected chi connectivity index (χ4v) is 3.24. The van der Waals surface area contributed by atoms with Gasteiger partial charge in [-0.2, -0.15) is 0 Å². The van der Waals surface area contributed by atoms with E-state index >= 15 is 0 Å². The first-order valence-corrected chi connectivity index (χ1v) is 8.72. The molecular weight excluding hydrogens is 274 g/mol. The minimum absolute atomic E-state index is 0.0169. The summed E-state index contributed by atoms with van der Waals surface area (Å²) < 4.78 is 22.7. The third kappa shape index (κ3) is 4.63. The zero-order valence-electron chi connectivity index (χ0n) is 12.2. The summed E-state index contributed by atoms with van der Waals surface area (Å²) in [7, 11) is -3.33. The molecule has 0 aromatic rings. The van der Waals surface area contributed by atoms with E-state index in [-0.39, 0.29) is 18.0 Å². The number of carbonyl (C=O) groups excluding carboxylic acids is 1. The molecule has 1 amide bonds. The maximum atomic E-state index is 12.3. The third-order valence-electron chi connectivity index (χ3n) is 3.31. The molecule has 0 radical (unpaired) electrons. The smallest absolute Gasteiger partial charge is 0.238 e. The third-order valence-corrected chi connectivity index (χ3v) is 4.08. The highest BCUT2D eigenvalue weighted by atomic mass is 32.2. The van der Waals surface area contributed by atoms with Crippen LogP contribution < -0.4 is 0 Å². The molecule has 0 N–H and O–H groups in total. The van der Waals surface area contributed by atoms with Gasteiger partial charge in [0.15, 0.2) is 9.84 Å². The van der Waals surface area contributed by atoms with Crippen molar-refractivity contribution < 1.29 is 13.2 Å². The molecule has 1 rings (SSSR count). The molecule has 2 atom stereocenters. The summed E-state index contributed by atoms with van der Waals surface area (Å²) in [4.78, 5) is 14.0. The molecule has 1 aliphatic heterocycles. The zero-order chi connectivity index (χ0) is 15.3. The van der Waals surface area contributed by atoms with E-state index in [4.69, 9.17) is 0 Å². The minimum atomic E-state index is -3.33. The second-order valence-electron chi connectivity index (χ2n) is 5.36. The molecule has 0 aliphatic carbocycles. The topological polar surface area (TPSA) is 54.5 Å². The molecular formula is C15H23NO3S. The van der Waals surface area contributed by atoms with Gasteiger partial charge in [-0.05, 0) is 26.2 Å². The fraction of sp³-hybridized carbons (Fsp3) is 0.533. The lowest BCUT2D eigenvalue weighted by molar-refractivity contribution is -0.132. The maximum absolute atomic E-state index is 12.3. The van der Waals surface area contributed by atoms with Gasteiger partial charge in [-0.3, -0.25) is 4.79 Å². The number of carbonyl (C=O) groups is 1. The Labute approximate surface area is 121 Å². The average Bonchev–Trinajstić information content (AvgIpc) is 2.26. The van der Waals surface area contributed by atoms with Gasteiger partial charge < -0.3 is 4.90 Å². The van der Waals surface area contributed by atoms with Crippen molar-refractivity contribution in [3.05, 3.63) is 37.0 Å². The highest BCUT2D eigenvalue weighted by Crippen LogP contribution is 2.27. The standard InChI is InChI=1S/C15H23NO3S/c1-5-7-13-9-12(3)10-14(8-6-2)16(13)15(17)11-20(4,18)19/h5-6,9,13-14H,1-2,7-8,10-11H2,3-4H3/t13-,14-/m0/s1. The highest BCUT2D eigenvalue weighted by Gasteiger charge is 2.33. The lowest BCUT2D eigenvalue weighted by atomic mass is 9.92. The van der Waals surface area contributed by atoms with Gasteiger partial charge in [0.2, 0.25) is 5.91 Å². The summed E-state index contributed by atoms with van der Waals surface area (Å²) in [5.74, 6) is -0.781. The van der Waals surface area contributed by atoms with Crippen LogP contribution in [0.1, 0.15) is 26.2 Å². The Morgan fingerprint density at radius 3 is 2.50 bits per heavy atom. The number of hydrogen-bond acceptors (Lipinski definition) is 3. The lowest BCUT2D eigenvalue weighted by Gasteiger charge is -2.40. The van der Waals surface area contributed by atoms with E-state index in [0.29, 0.717) is 12.8 Å². The van der Waals surface area contributed by atoms with Crippen molar-refractivity contribution in [1.29, 1.82) is 0 Å². The number of amides is 1. The number of rotatable bonds is 6. The summed E-state index contributed by atoms with van der Waals surface area (Å²) in [6.45, 7) is 9.47. The molecule has 0 aromatic carbocycles. The van der Waals surface area contributed by atoms with Crippen LogP contribution in [-0.2, 0) is 14.6 Å². The second-order valence-corrected chi connectivity index (χ2v) is 7.50. The van der Waals surface area contributed by atoms with Crippen molar-refractivity contribution >= 4 is 15.7 Å². The molecule has 0 saturated heterocycles. The molecule has 0 saturated carbocycles. The van der Waals surface area contributed by atoms with Crippen molar-refractivity contribution in [2.45, 2.75) is 38.3 Å². The molecule has 0 spiro atoms. The molecule has 112 valence electrons. The normalized spacial score (nSPS) is 23.1. The predicted molar refractivity (Wildman–Crippen MR) is 82.1 cm³/mol. The SMILES string of the molecule is C=CC[C@H]1CC(C)=C[C@H](CC=C)N1C(=O)CS(C)(=O)=O. The molecule has 0 bridgehead atoms. The van der Waals surface area contributed by atoms with Crippen LogP contribution in [0.5, 0.6) is 0 Å². The van der Waals surface area contributed by atoms with E-state index in [0.717, 1.165) is 12.7 Å². The summed E-state index contributed by atoms with van der Waals surface area (Å²) in [6, 6.07) is -0.128. The second kappa shape index (κ2) is 6.88.